The number of hydrogen-bond acceptors (Lipinski definition) is 4. The maximum absolute atomic E-state index is 11.6. The molecule has 0 aliphatic heterocycles. The highest BCUT2D eigenvalue weighted by molar-refractivity contribution is 5.45. The molecule has 0 spiro atoms. The normalized spacial score (nSPS) is 10.4. The van der Waals surface area contributed by atoms with E-state index in [0.717, 1.165) is 12.1 Å². The molecule has 5 nitrogen and oxygen atoms in total. The molecular weight excluding hydrogens is 256 g/mol. The first-order chi connectivity index (χ1) is 9.60. The van der Waals surface area contributed by atoms with Crippen molar-refractivity contribution in [2.45, 2.75) is 26.4 Å². The second-order valence-corrected chi connectivity index (χ2v) is 4.62. The first kappa shape index (κ1) is 14.0. The predicted octanol–water partition coefficient (Wildman–Crippen LogP) is 2.28. The van der Waals surface area contributed by atoms with Crippen LogP contribution in [0.2, 0.25) is 0 Å². The zero-order valence-corrected chi connectivity index (χ0v) is 11.3. The quantitative estimate of drug-likeness (QED) is 0.782. The lowest BCUT2D eigenvalue weighted by atomic mass is 10.2. The summed E-state index contributed by atoms with van der Waals surface area (Å²) in [5.74, 6) is 0.0714. The Bertz CT molecular complexity index is 650. The number of nitrogens with one attached hydrogen (secondary N) is 1. The first-order valence-corrected chi connectivity index (χ1v) is 6.55. The molecule has 106 valence electrons. The summed E-state index contributed by atoms with van der Waals surface area (Å²) in [7, 11) is 0. The molecule has 0 unspecified atom stereocenters. The van der Waals surface area contributed by atoms with E-state index in [2.05, 4.69) is 5.32 Å². The van der Waals surface area contributed by atoms with Crippen LogP contribution in [0.4, 0.5) is 5.69 Å². The summed E-state index contributed by atoms with van der Waals surface area (Å²) in [5.41, 5.74) is 1.46. The first-order valence-electron chi connectivity index (χ1n) is 6.55. The molecule has 0 atom stereocenters. The van der Waals surface area contributed by atoms with Gasteiger partial charge in [0.05, 0.1) is 5.69 Å². The largest absolute Gasteiger partial charge is 0.508 e. The molecule has 0 saturated carbocycles. The number of rotatable bonds is 5. The topological polar surface area (TPSA) is 74.5 Å². The average Bonchev–Trinajstić information content (AvgIpc) is 2.41. The average molecular weight is 274 g/mol. The number of benzene rings is 1. The number of phenolic OH excluding ortho intramolecular Hbond substituents is 2. The Labute approximate surface area is 117 Å². The summed E-state index contributed by atoms with van der Waals surface area (Å²) >= 11 is 0. The molecule has 0 amide bonds. The van der Waals surface area contributed by atoms with E-state index in [0.29, 0.717) is 18.7 Å². The van der Waals surface area contributed by atoms with Crippen LogP contribution in [0.15, 0.2) is 41.3 Å². The Morgan fingerprint density at radius 2 is 2.00 bits per heavy atom. The van der Waals surface area contributed by atoms with Crippen molar-refractivity contribution in [2.75, 3.05) is 5.32 Å². The fourth-order valence-corrected chi connectivity index (χ4v) is 1.95. The number of pyridine rings is 1. The molecule has 3 N–H and O–H groups in total. The van der Waals surface area contributed by atoms with Crippen molar-refractivity contribution in [1.82, 2.24) is 4.57 Å². The standard InChI is InChI=1S/C15H18N2O3/c1-2-7-17-10-12(4-6-15(17)20)16-9-11-3-5-13(18)8-14(11)19/h3-6,8,10,16,18-19H,2,7,9H2,1H3. The van der Waals surface area contributed by atoms with Gasteiger partial charge >= 0.3 is 0 Å². The van der Waals surface area contributed by atoms with Crippen LogP contribution in [0.5, 0.6) is 11.5 Å². The van der Waals surface area contributed by atoms with Gasteiger partial charge in [0.15, 0.2) is 0 Å². The van der Waals surface area contributed by atoms with Gasteiger partial charge in [-0.1, -0.05) is 6.92 Å². The molecule has 0 radical (unpaired) electrons. The Kier molecular flexibility index (Phi) is 4.30. The van der Waals surface area contributed by atoms with E-state index in [9.17, 15) is 15.0 Å². The number of aryl methyl sites for hydroxylation is 1. The van der Waals surface area contributed by atoms with Crippen molar-refractivity contribution >= 4 is 5.69 Å². The highest BCUT2D eigenvalue weighted by Gasteiger charge is 2.03. The van der Waals surface area contributed by atoms with E-state index in [4.69, 9.17) is 0 Å². The molecule has 0 aliphatic carbocycles. The third-order valence-electron chi connectivity index (χ3n) is 3.00. The van der Waals surface area contributed by atoms with Gasteiger partial charge in [-0.15, -0.1) is 0 Å². The van der Waals surface area contributed by atoms with Gasteiger partial charge in [-0.2, -0.15) is 0 Å². The van der Waals surface area contributed by atoms with Gasteiger partial charge < -0.3 is 20.1 Å². The summed E-state index contributed by atoms with van der Waals surface area (Å²) in [4.78, 5) is 11.6. The lowest BCUT2D eigenvalue weighted by molar-refractivity contribution is 0.446. The van der Waals surface area contributed by atoms with Gasteiger partial charge in [-0.3, -0.25) is 4.79 Å². The molecule has 1 aromatic heterocycles. The number of aromatic hydroxyl groups is 2. The van der Waals surface area contributed by atoms with Gasteiger partial charge in [0.25, 0.3) is 5.56 Å². The molecular formula is C15H18N2O3. The zero-order valence-electron chi connectivity index (χ0n) is 11.3. The lowest BCUT2D eigenvalue weighted by Crippen LogP contribution is -2.18. The molecule has 1 heterocycles. The van der Waals surface area contributed by atoms with Crippen molar-refractivity contribution in [1.29, 1.82) is 0 Å². The molecule has 0 fully saturated rings. The molecule has 5 heteroatoms. The molecule has 0 aliphatic rings. The van der Waals surface area contributed by atoms with Crippen molar-refractivity contribution in [3.63, 3.8) is 0 Å². The van der Waals surface area contributed by atoms with Crippen LogP contribution in [-0.2, 0) is 13.1 Å². The van der Waals surface area contributed by atoms with Crippen molar-refractivity contribution < 1.29 is 10.2 Å². The molecule has 2 aromatic rings. The van der Waals surface area contributed by atoms with E-state index in [-0.39, 0.29) is 17.1 Å². The van der Waals surface area contributed by atoms with Crippen LogP contribution in [0.1, 0.15) is 18.9 Å². The number of hydrogen-bond donors (Lipinski definition) is 3. The zero-order chi connectivity index (χ0) is 14.5. The molecule has 20 heavy (non-hydrogen) atoms. The van der Waals surface area contributed by atoms with Gasteiger partial charge in [0.1, 0.15) is 11.5 Å². The lowest BCUT2D eigenvalue weighted by Gasteiger charge is -2.10. The summed E-state index contributed by atoms with van der Waals surface area (Å²) in [5, 5.41) is 22.1. The highest BCUT2D eigenvalue weighted by atomic mass is 16.3. The summed E-state index contributed by atoms with van der Waals surface area (Å²) < 4.78 is 1.65. The minimum absolute atomic E-state index is 0.0233. The maximum atomic E-state index is 11.6. The maximum Gasteiger partial charge on any atom is 0.250 e. The number of phenols is 2. The van der Waals surface area contributed by atoms with Gasteiger partial charge in [-0.05, 0) is 24.6 Å². The molecule has 0 saturated heterocycles. The van der Waals surface area contributed by atoms with E-state index in [1.54, 1.807) is 22.9 Å². The van der Waals surface area contributed by atoms with Crippen LogP contribution in [0, 0.1) is 0 Å². The van der Waals surface area contributed by atoms with Crippen LogP contribution in [0.25, 0.3) is 0 Å². The predicted molar refractivity (Wildman–Crippen MR) is 78.1 cm³/mol. The summed E-state index contributed by atoms with van der Waals surface area (Å²) in [6, 6.07) is 7.71. The minimum Gasteiger partial charge on any atom is -0.508 e. The van der Waals surface area contributed by atoms with Gasteiger partial charge in [-0.25, -0.2) is 0 Å². The summed E-state index contributed by atoms with van der Waals surface area (Å²) in [6.07, 6.45) is 2.66. The Balaban J connectivity index is 2.10. The van der Waals surface area contributed by atoms with Gasteiger partial charge in [0.2, 0.25) is 0 Å². The molecule has 1 aromatic carbocycles. The van der Waals surface area contributed by atoms with Crippen molar-refractivity contribution in [3.05, 3.63) is 52.4 Å². The number of nitrogens with zero attached hydrogens (tertiary/aromatic N) is 1. The smallest absolute Gasteiger partial charge is 0.250 e. The molecule has 2 rings (SSSR count). The van der Waals surface area contributed by atoms with E-state index in [1.807, 2.05) is 6.92 Å². The minimum atomic E-state index is -0.0233. The SMILES string of the molecule is CCCn1cc(NCc2ccc(O)cc2O)ccc1=O. The second kappa shape index (κ2) is 6.14. The number of aromatic nitrogens is 1. The highest BCUT2D eigenvalue weighted by Crippen LogP contribution is 2.23. The van der Waals surface area contributed by atoms with Crippen LogP contribution < -0.4 is 10.9 Å². The summed E-state index contributed by atoms with van der Waals surface area (Å²) in [6.45, 7) is 3.11. The third-order valence-corrected chi connectivity index (χ3v) is 3.00. The Hall–Kier alpha value is -2.43. The fraction of sp³-hybridized carbons (Fsp3) is 0.267. The van der Waals surface area contributed by atoms with E-state index < -0.39 is 0 Å². The van der Waals surface area contributed by atoms with E-state index >= 15 is 0 Å². The van der Waals surface area contributed by atoms with Crippen LogP contribution >= 0.6 is 0 Å². The van der Waals surface area contributed by atoms with E-state index in [1.165, 1.54) is 18.2 Å². The fourth-order valence-electron chi connectivity index (χ4n) is 1.95. The monoisotopic (exact) mass is 274 g/mol. The number of anilines is 1. The Morgan fingerprint density at radius 1 is 1.20 bits per heavy atom. The van der Waals surface area contributed by atoms with Crippen molar-refractivity contribution in [3.8, 4) is 11.5 Å². The third kappa shape index (κ3) is 3.32. The molecule has 0 bridgehead atoms. The van der Waals surface area contributed by atoms with Gasteiger partial charge in [0, 0.05) is 37.0 Å². The Morgan fingerprint density at radius 3 is 2.70 bits per heavy atom. The van der Waals surface area contributed by atoms with Crippen LogP contribution in [-0.4, -0.2) is 14.8 Å². The van der Waals surface area contributed by atoms with Crippen molar-refractivity contribution in [2.24, 2.45) is 0 Å². The van der Waals surface area contributed by atoms with Crippen LogP contribution in [0.3, 0.4) is 0 Å². The second-order valence-electron chi connectivity index (χ2n) is 4.62.